The first-order valence-corrected chi connectivity index (χ1v) is 8.07. The number of aromatic nitrogens is 4. The molecule has 2 aromatic heterocycles. The standard InChI is InChI=1S/C14H10BrClN6O3/c15-11-12(19-20-13(11)22(24)25)14(23)18-10-5-17-21(7-10)6-8-1-3-9(16)4-2-8/h1-5,7H,6H2,(H,18,23)(H,19,20). The molecule has 0 bridgehead atoms. The molecule has 1 amide bonds. The van der Waals surface area contributed by atoms with Crippen LogP contribution in [-0.2, 0) is 6.54 Å². The summed E-state index contributed by atoms with van der Waals surface area (Å²) in [4.78, 5) is 22.3. The normalized spacial score (nSPS) is 10.6. The molecule has 3 aromatic rings. The molecule has 0 aliphatic heterocycles. The highest BCUT2D eigenvalue weighted by Gasteiger charge is 2.24. The third kappa shape index (κ3) is 3.86. The summed E-state index contributed by atoms with van der Waals surface area (Å²) < 4.78 is 1.63. The number of nitrogens with zero attached hydrogens (tertiary/aromatic N) is 4. The van der Waals surface area contributed by atoms with Gasteiger partial charge >= 0.3 is 5.82 Å². The number of carbonyl (C=O) groups is 1. The number of rotatable bonds is 5. The van der Waals surface area contributed by atoms with Gasteiger partial charge in [0.2, 0.25) is 0 Å². The summed E-state index contributed by atoms with van der Waals surface area (Å²) in [5.74, 6) is -0.981. The number of anilines is 1. The van der Waals surface area contributed by atoms with Crippen molar-refractivity contribution >= 4 is 44.9 Å². The summed E-state index contributed by atoms with van der Waals surface area (Å²) in [6, 6.07) is 7.32. The van der Waals surface area contributed by atoms with Gasteiger partial charge in [0.25, 0.3) is 5.91 Å². The number of H-pyrrole nitrogens is 1. The second-order valence-electron chi connectivity index (χ2n) is 5.00. The lowest BCUT2D eigenvalue weighted by Crippen LogP contribution is -2.12. The number of nitro groups is 1. The molecule has 9 nitrogen and oxygen atoms in total. The third-order valence-corrected chi connectivity index (χ3v) is 4.24. The van der Waals surface area contributed by atoms with Crippen LogP contribution >= 0.6 is 27.5 Å². The number of aromatic amines is 1. The Bertz CT molecular complexity index is 936. The predicted octanol–water partition coefficient (Wildman–Crippen LogP) is 3.23. The average Bonchev–Trinajstić information content (AvgIpc) is 3.16. The van der Waals surface area contributed by atoms with Crippen LogP contribution in [0.4, 0.5) is 11.5 Å². The first kappa shape index (κ1) is 17.1. The SMILES string of the molecule is O=C(Nc1cnn(Cc2ccc(Cl)cc2)c1)c1n[nH]c([N+](=O)[O-])c1Br. The third-order valence-electron chi connectivity index (χ3n) is 3.24. The summed E-state index contributed by atoms with van der Waals surface area (Å²) in [5, 5.41) is 24.0. The van der Waals surface area contributed by atoms with Gasteiger partial charge in [-0.05, 0) is 38.5 Å². The van der Waals surface area contributed by atoms with Gasteiger partial charge in [0.15, 0.2) is 5.69 Å². The maximum atomic E-state index is 12.2. The molecule has 128 valence electrons. The number of nitrogens with one attached hydrogen (secondary N) is 2. The molecule has 2 N–H and O–H groups in total. The van der Waals surface area contributed by atoms with Crippen LogP contribution in [0.15, 0.2) is 41.1 Å². The Hall–Kier alpha value is -2.72. The molecule has 0 spiro atoms. The number of carbonyl (C=O) groups excluding carboxylic acids is 1. The molecule has 0 aliphatic rings. The highest BCUT2D eigenvalue weighted by Crippen LogP contribution is 2.26. The smallest absolute Gasteiger partial charge is 0.357 e. The van der Waals surface area contributed by atoms with Crippen LogP contribution in [0.1, 0.15) is 16.1 Å². The summed E-state index contributed by atoms with van der Waals surface area (Å²) in [7, 11) is 0. The van der Waals surface area contributed by atoms with Crippen LogP contribution in [0.2, 0.25) is 5.02 Å². The second kappa shape index (κ2) is 7.03. The first-order valence-electron chi connectivity index (χ1n) is 6.90. The maximum absolute atomic E-state index is 12.2. The fourth-order valence-electron chi connectivity index (χ4n) is 2.07. The van der Waals surface area contributed by atoms with E-state index in [-0.39, 0.29) is 16.0 Å². The van der Waals surface area contributed by atoms with Gasteiger partial charge in [0.05, 0.1) is 18.4 Å². The van der Waals surface area contributed by atoms with Crippen molar-refractivity contribution in [2.45, 2.75) is 6.54 Å². The Labute approximate surface area is 154 Å². The molecule has 0 unspecified atom stereocenters. The first-order chi connectivity index (χ1) is 11.9. The van der Waals surface area contributed by atoms with Crippen LogP contribution in [0.3, 0.4) is 0 Å². The van der Waals surface area contributed by atoms with Gasteiger partial charge in [0.1, 0.15) is 4.47 Å². The minimum atomic E-state index is -0.669. The summed E-state index contributed by atoms with van der Waals surface area (Å²) in [5.41, 5.74) is 1.32. The van der Waals surface area contributed by atoms with Crippen molar-refractivity contribution in [1.82, 2.24) is 20.0 Å². The van der Waals surface area contributed by atoms with E-state index >= 15 is 0 Å². The molecule has 25 heavy (non-hydrogen) atoms. The van der Waals surface area contributed by atoms with E-state index in [0.717, 1.165) is 5.56 Å². The van der Waals surface area contributed by atoms with E-state index in [9.17, 15) is 14.9 Å². The Morgan fingerprint density at radius 3 is 2.76 bits per heavy atom. The highest BCUT2D eigenvalue weighted by atomic mass is 79.9. The van der Waals surface area contributed by atoms with Crippen LogP contribution < -0.4 is 5.32 Å². The molecule has 2 heterocycles. The molecule has 0 atom stereocenters. The highest BCUT2D eigenvalue weighted by molar-refractivity contribution is 9.10. The van der Waals surface area contributed by atoms with Gasteiger partial charge < -0.3 is 15.4 Å². The van der Waals surface area contributed by atoms with Crippen LogP contribution in [0.5, 0.6) is 0 Å². The zero-order chi connectivity index (χ0) is 18.0. The minimum Gasteiger partial charge on any atom is -0.358 e. The Morgan fingerprint density at radius 1 is 1.40 bits per heavy atom. The number of hydrogen-bond acceptors (Lipinski definition) is 5. The molecule has 0 radical (unpaired) electrons. The van der Waals surface area contributed by atoms with Crippen molar-refractivity contribution < 1.29 is 9.72 Å². The van der Waals surface area contributed by atoms with Crippen molar-refractivity contribution in [3.8, 4) is 0 Å². The summed E-state index contributed by atoms with van der Waals surface area (Å²) >= 11 is 8.84. The molecule has 0 fully saturated rings. The van der Waals surface area contributed by atoms with E-state index in [1.165, 1.54) is 6.20 Å². The van der Waals surface area contributed by atoms with Gasteiger partial charge in [-0.1, -0.05) is 28.8 Å². The number of halogens is 2. The topological polar surface area (TPSA) is 119 Å². The van der Waals surface area contributed by atoms with E-state index in [4.69, 9.17) is 11.6 Å². The summed E-state index contributed by atoms with van der Waals surface area (Å²) in [6.45, 7) is 0.505. The van der Waals surface area contributed by atoms with Crippen molar-refractivity contribution in [3.05, 3.63) is 67.5 Å². The van der Waals surface area contributed by atoms with Crippen molar-refractivity contribution in [3.63, 3.8) is 0 Å². The summed E-state index contributed by atoms with van der Waals surface area (Å²) in [6.07, 6.45) is 3.12. The van der Waals surface area contributed by atoms with E-state index in [0.29, 0.717) is 17.3 Å². The lowest BCUT2D eigenvalue weighted by atomic mass is 10.2. The van der Waals surface area contributed by atoms with E-state index in [2.05, 4.69) is 36.5 Å². The van der Waals surface area contributed by atoms with Crippen molar-refractivity contribution in [2.24, 2.45) is 0 Å². The number of benzene rings is 1. The molecule has 11 heteroatoms. The Balaban J connectivity index is 1.69. The van der Waals surface area contributed by atoms with E-state index in [1.807, 2.05) is 12.1 Å². The van der Waals surface area contributed by atoms with Gasteiger partial charge in [-0.15, -0.1) is 5.10 Å². The second-order valence-corrected chi connectivity index (χ2v) is 6.23. The average molecular weight is 426 g/mol. The number of amides is 1. The quantitative estimate of drug-likeness (QED) is 0.480. The molecular weight excluding hydrogens is 416 g/mol. The van der Waals surface area contributed by atoms with Gasteiger partial charge in [-0.25, -0.2) is 0 Å². The van der Waals surface area contributed by atoms with Gasteiger partial charge in [-0.2, -0.15) is 5.10 Å². The van der Waals surface area contributed by atoms with Crippen LogP contribution in [0, 0.1) is 10.1 Å². The molecule has 1 aromatic carbocycles. The molecule has 0 saturated heterocycles. The van der Waals surface area contributed by atoms with Crippen LogP contribution in [-0.4, -0.2) is 30.8 Å². The van der Waals surface area contributed by atoms with Gasteiger partial charge in [0, 0.05) is 11.2 Å². The maximum Gasteiger partial charge on any atom is 0.357 e. The zero-order valence-corrected chi connectivity index (χ0v) is 14.8. The fraction of sp³-hybridized carbons (Fsp3) is 0.0714. The fourth-order valence-corrected chi connectivity index (χ4v) is 2.70. The predicted molar refractivity (Wildman–Crippen MR) is 93.7 cm³/mol. The molecule has 3 rings (SSSR count). The van der Waals surface area contributed by atoms with Crippen LogP contribution in [0.25, 0.3) is 0 Å². The zero-order valence-electron chi connectivity index (χ0n) is 12.4. The lowest BCUT2D eigenvalue weighted by molar-refractivity contribution is -0.390. The Kier molecular flexibility index (Phi) is 4.81. The largest absolute Gasteiger partial charge is 0.358 e. The minimum absolute atomic E-state index is 0.0106. The Morgan fingerprint density at radius 2 is 2.12 bits per heavy atom. The molecular formula is C14H10BrClN6O3. The van der Waals surface area contributed by atoms with Gasteiger partial charge in [-0.3, -0.25) is 9.48 Å². The van der Waals surface area contributed by atoms with Crippen molar-refractivity contribution in [1.29, 1.82) is 0 Å². The van der Waals surface area contributed by atoms with Crippen molar-refractivity contribution in [2.75, 3.05) is 5.32 Å². The lowest BCUT2D eigenvalue weighted by Gasteiger charge is -2.02. The number of hydrogen-bond donors (Lipinski definition) is 2. The molecule has 0 saturated carbocycles. The molecule has 0 aliphatic carbocycles. The van der Waals surface area contributed by atoms with E-state index in [1.54, 1.807) is 23.0 Å². The monoisotopic (exact) mass is 424 g/mol. The van der Waals surface area contributed by atoms with E-state index < -0.39 is 10.8 Å².